The summed E-state index contributed by atoms with van der Waals surface area (Å²) in [4.78, 5) is 12.2. The minimum atomic E-state index is -0.256. The van der Waals surface area contributed by atoms with Crippen molar-refractivity contribution >= 4 is 27.9 Å². The van der Waals surface area contributed by atoms with Crippen molar-refractivity contribution in [1.29, 1.82) is 0 Å². The van der Waals surface area contributed by atoms with E-state index in [9.17, 15) is 9.18 Å². The Morgan fingerprint density at radius 1 is 1.40 bits per heavy atom. The summed E-state index contributed by atoms with van der Waals surface area (Å²) in [6, 6.07) is 8.25. The molecule has 2 aromatic rings. The zero-order chi connectivity index (χ0) is 14.5. The van der Waals surface area contributed by atoms with Crippen LogP contribution in [0.5, 0.6) is 0 Å². The molecule has 4 N–H and O–H groups in total. The number of nitrogen functional groups attached to an aromatic ring is 1. The summed E-state index contributed by atoms with van der Waals surface area (Å²) in [5, 5.41) is 6.52. The maximum absolute atomic E-state index is 13.5. The second kappa shape index (κ2) is 6.38. The molecule has 0 bridgehead atoms. The van der Waals surface area contributed by atoms with Crippen molar-refractivity contribution in [3.05, 3.63) is 46.6 Å². The zero-order valence-corrected chi connectivity index (χ0v) is 11.9. The van der Waals surface area contributed by atoms with Gasteiger partial charge in [0, 0.05) is 18.7 Å². The molecule has 0 saturated carbocycles. The van der Waals surface area contributed by atoms with E-state index in [-0.39, 0.29) is 11.7 Å². The summed E-state index contributed by atoms with van der Waals surface area (Å²) in [7, 11) is 0. The number of rotatable bonds is 5. The summed E-state index contributed by atoms with van der Waals surface area (Å²) < 4.78 is 13.5. The van der Waals surface area contributed by atoms with Crippen LogP contribution in [-0.4, -0.2) is 12.5 Å². The average molecular weight is 293 g/mol. The molecule has 1 amide bonds. The van der Waals surface area contributed by atoms with Crippen molar-refractivity contribution in [2.45, 2.75) is 13.5 Å². The molecule has 4 nitrogen and oxygen atoms in total. The quantitative estimate of drug-likeness (QED) is 0.794. The van der Waals surface area contributed by atoms with Gasteiger partial charge in [-0.05, 0) is 19.1 Å². The fourth-order valence-corrected chi connectivity index (χ4v) is 2.63. The molecule has 106 valence electrons. The molecule has 0 saturated heterocycles. The van der Waals surface area contributed by atoms with Crippen LogP contribution in [0, 0.1) is 5.82 Å². The second-order valence-electron chi connectivity index (χ2n) is 4.20. The van der Waals surface area contributed by atoms with Gasteiger partial charge in [0.15, 0.2) is 0 Å². The predicted octanol–water partition coefficient (Wildman–Crippen LogP) is 2.83. The first kappa shape index (κ1) is 14.3. The molecule has 0 aliphatic heterocycles. The molecule has 6 heteroatoms. The van der Waals surface area contributed by atoms with E-state index in [4.69, 9.17) is 5.73 Å². The molecule has 1 heterocycles. The lowest BCUT2D eigenvalue weighted by atomic mass is 10.2. The van der Waals surface area contributed by atoms with E-state index in [1.54, 1.807) is 24.3 Å². The van der Waals surface area contributed by atoms with E-state index in [2.05, 4.69) is 10.6 Å². The number of carbonyl (C=O) groups excluding carboxylic acids is 1. The van der Waals surface area contributed by atoms with E-state index in [1.165, 1.54) is 17.4 Å². The van der Waals surface area contributed by atoms with Crippen molar-refractivity contribution in [3.8, 4) is 0 Å². The standard InChI is InChI=1S/C14H16FN3OS/c1-2-17-14(19)13-11(16)7-12(20-13)18-8-9-5-3-4-6-10(9)15/h3-7,18H,2,8,16H2,1H3,(H,17,19). The number of halogens is 1. The number of thiophene rings is 1. The number of anilines is 2. The highest BCUT2D eigenvalue weighted by Gasteiger charge is 2.13. The first-order valence-corrected chi connectivity index (χ1v) is 7.08. The van der Waals surface area contributed by atoms with Crippen molar-refractivity contribution < 1.29 is 9.18 Å². The highest BCUT2D eigenvalue weighted by molar-refractivity contribution is 7.18. The molecule has 1 aromatic carbocycles. The molecular weight excluding hydrogens is 277 g/mol. The second-order valence-corrected chi connectivity index (χ2v) is 5.25. The van der Waals surface area contributed by atoms with Gasteiger partial charge in [-0.2, -0.15) is 0 Å². The van der Waals surface area contributed by atoms with Crippen molar-refractivity contribution in [2.24, 2.45) is 0 Å². The molecule has 2 rings (SSSR count). The van der Waals surface area contributed by atoms with Crippen molar-refractivity contribution in [3.63, 3.8) is 0 Å². The Hall–Kier alpha value is -2.08. The number of nitrogens with one attached hydrogen (secondary N) is 2. The van der Waals surface area contributed by atoms with E-state index in [0.29, 0.717) is 29.2 Å². The Labute approximate surface area is 120 Å². The van der Waals surface area contributed by atoms with Gasteiger partial charge >= 0.3 is 0 Å². The largest absolute Gasteiger partial charge is 0.397 e. The molecule has 0 unspecified atom stereocenters. The van der Waals surface area contributed by atoms with Crippen molar-refractivity contribution in [2.75, 3.05) is 17.6 Å². The number of carbonyl (C=O) groups is 1. The highest BCUT2D eigenvalue weighted by atomic mass is 32.1. The normalized spacial score (nSPS) is 10.3. The minimum Gasteiger partial charge on any atom is -0.397 e. The third-order valence-corrected chi connectivity index (χ3v) is 3.82. The summed E-state index contributed by atoms with van der Waals surface area (Å²) in [5.41, 5.74) is 6.80. The van der Waals surface area contributed by atoms with Crippen LogP contribution in [0.3, 0.4) is 0 Å². The summed E-state index contributed by atoms with van der Waals surface area (Å²) in [6.45, 7) is 2.74. The van der Waals surface area contributed by atoms with Gasteiger partial charge in [0.05, 0.1) is 10.7 Å². The van der Waals surface area contributed by atoms with Gasteiger partial charge in [0.25, 0.3) is 5.91 Å². The third kappa shape index (κ3) is 3.27. The average Bonchev–Trinajstić information content (AvgIpc) is 2.79. The fraction of sp³-hybridized carbons (Fsp3) is 0.214. The Kier molecular flexibility index (Phi) is 4.57. The maximum Gasteiger partial charge on any atom is 0.263 e. The van der Waals surface area contributed by atoms with Gasteiger partial charge in [-0.3, -0.25) is 4.79 Å². The van der Waals surface area contributed by atoms with E-state index in [1.807, 2.05) is 6.92 Å². The summed E-state index contributed by atoms with van der Waals surface area (Å²) in [5.74, 6) is -0.442. The van der Waals surface area contributed by atoms with E-state index in [0.717, 1.165) is 5.00 Å². The first-order chi connectivity index (χ1) is 9.61. The Morgan fingerprint density at radius 3 is 2.85 bits per heavy atom. The van der Waals surface area contributed by atoms with Gasteiger partial charge in [-0.1, -0.05) is 18.2 Å². The molecule has 0 radical (unpaired) electrons. The van der Waals surface area contributed by atoms with Crippen LogP contribution in [0.25, 0.3) is 0 Å². The lowest BCUT2D eigenvalue weighted by Gasteiger charge is -2.04. The smallest absolute Gasteiger partial charge is 0.263 e. The zero-order valence-electron chi connectivity index (χ0n) is 11.1. The number of amides is 1. The number of benzene rings is 1. The lowest BCUT2D eigenvalue weighted by Crippen LogP contribution is -2.22. The number of hydrogen-bond donors (Lipinski definition) is 3. The van der Waals surface area contributed by atoms with Crippen LogP contribution >= 0.6 is 11.3 Å². The number of nitrogens with two attached hydrogens (primary N) is 1. The fourth-order valence-electron chi connectivity index (χ4n) is 1.73. The molecule has 0 aliphatic rings. The van der Waals surface area contributed by atoms with Gasteiger partial charge in [-0.25, -0.2) is 4.39 Å². The van der Waals surface area contributed by atoms with Gasteiger partial charge in [0.2, 0.25) is 0 Å². The molecule has 20 heavy (non-hydrogen) atoms. The molecule has 0 fully saturated rings. The first-order valence-electron chi connectivity index (χ1n) is 6.26. The van der Waals surface area contributed by atoms with Crippen LogP contribution in [0.2, 0.25) is 0 Å². The lowest BCUT2D eigenvalue weighted by molar-refractivity contribution is 0.0960. The molecule has 1 aromatic heterocycles. The van der Waals surface area contributed by atoms with Crippen LogP contribution in [0.4, 0.5) is 15.1 Å². The molecule has 0 atom stereocenters. The Morgan fingerprint density at radius 2 is 2.15 bits per heavy atom. The van der Waals surface area contributed by atoms with E-state index < -0.39 is 0 Å². The number of hydrogen-bond acceptors (Lipinski definition) is 4. The topological polar surface area (TPSA) is 67.2 Å². The monoisotopic (exact) mass is 293 g/mol. The van der Waals surface area contributed by atoms with Gasteiger partial charge in [0.1, 0.15) is 10.7 Å². The molecule has 0 spiro atoms. The minimum absolute atomic E-state index is 0.186. The molecule has 0 aliphatic carbocycles. The van der Waals surface area contributed by atoms with Crippen molar-refractivity contribution in [1.82, 2.24) is 5.32 Å². The van der Waals surface area contributed by atoms with Gasteiger partial charge in [-0.15, -0.1) is 11.3 Å². The predicted molar refractivity (Wildman–Crippen MR) is 80.5 cm³/mol. The Bertz CT molecular complexity index is 612. The van der Waals surface area contributed by atoms with Crippen LogP contribution in [0.1, 0.15) is 22.2 Å². The van der Waals surface area contributed by atoms with E-state index >= 15 is 0 Å². The van der Waals surface area contributed by atoms with Crippen LogP contribution in [0.15, 0.2) is 30.3 Å². The highest BCUT2D eigenvalue weighted by Crippen LogP contribution is 2.29. The third-order valence-electron chi connectivity index (χ3n) is 2.72. The summed E-state index contributed by atoms with van der Waals surface area (Å²) >= 11 is 1.26. The summed E-state index contributed by atoms with van der Waals surface area (Å²) in [6.07, 6.45) is 0. The molecular formula is C14H16FN3OS. The van der Waals surface area contributed by atoms with Crippen LogP contribution < -0.4 is 16.4 Å². The maximum atomic E-state index is 13.5. The SMILES string of the molecule is CCNC(=O)c1sc(NCc2ccccc2F)cc1N. The Balaban J connectivity index is 2.06. The van der Waals surface area contributed by atoms with Crippen LogP contribution in [-0.2, 0) is 6.54 Å². The van der Waals surface area contributed by atoms with Gasteiger partial charge < -0.3 is 16.4 Å².